The fraction of sp³-hybridized carbons (Fsp3) is 1.00. The van der Waals surface area contributed by atoms with Crippen LogP contribution in [0.2, 0.25) is 0 Å². The van der Waals surface area contributed by atoms with Crippen molar-refractivity contribution in [3.05, 3.63) is 0 Å². The second-order valence-electron chi connectivity index (χ2n) is 7.82. The molecule has 3 heteroatoms. The summed E-state index contributed by atoms with van der Waals surface area (Å²) in [6.45, 7) is 12.6. The molecule has 2 aliphatic rings. The van der Waals surface area contributed by atoms with Gasteiger partial charge in [0.1, 0.15) is 0 Å². The fourth-order valence-corrected chi connectivity index (χ4v) is 3.74. The Morgan fingerprint density at radius 3 is 2.50 bits per heavy atom. The molecule has 1 spiro atoms. The molecule has 1 aliphatic heterocycles. The number of rotatable bonds is 5. The zero-order valence-corrected chi connectivity index (χ0v) is 14.2. The lowest BCUT2D eigenvalue weighted by Crippen LogP contribution is -2.65. The molecule has 0 bridgehead atoms. The summed E-state index contributed by atoms with van der Waals surface area (Å²) in [5.41, 5.74) is 0.438. The molecule has 1 N–H and O–H groups in total. The lowest BCUT2D eigenvalue weighted by Gasteiger charge is -2.50. The van der Waals surface area contributed by atoms with Gasteiger partial charge in [-0.05, 0) is 39.0 Å². The van der Waals surface area contributed by atoms with E-state index in [1.54, 1.807) is 0 Å². The van der Waals surface area contributed by atoms with Crippen molar-refractivity contribution in [2.24, 2.45) is 5.92 Å². The summed E-state index contributed by atoms with van der Waals surface area (Å²) in [6.07, 6.45) is 6.67. The van der Waals surface area contributed by atoms with Crippen molar-refractivity contribution in [2.45, 2.75) is 77.0 Å². The molecule has 0 aromatic rings. The number of hydrogen-bond donors (Lipinski definition) is 1. The van der Waals surface area contributed by atoms with Crippen LogP contribution < -0.4 is 5.32 Å². The highest BCUT2D eigenvalue weighted by atomic mass is 16.5. The standard InChI is InChI=1S/C17H34N2O/c1-14(2)15-12-19(11-10-16(3,4)20-5)17(13-18-15)8-6-7-9-17/h14-15,18H,6-13H2,1-5H3. The van der Waals surface area contributed by atoms with Gasteiger partial charge in [0, 0.05) is 38.3 Å². The maximum absolute atomic E-state index is 5.61. The number of piperazine rings is 1. The number of nitrogens with zero attached hydrogens (tertiary/aromatic N) is 1. The van der Waals surface area contributed by atoms with Crippen molar-refractivity contribution in [1.82, 2.24) is 10.2 Å². The molecule has 3 nitrogen and oxygen atoms in total. The van der Waals surface area contributed by atoms with Crippen LogP contribution in [-0.4, -0.2) is 48.8 Å². The van der Waals surface area contributed by atoms with Crippen molar-refractivity contribution in [1.29, 1.82) is 0 Å². The van der Waals surface area contributed by atoms with Crippen molar-refractivity contribution in [3.63, 3.8) is 0 Å². The second-order valence-corrected chi connectivity index (χ2v) is 7.82. The first-order chi connectivity index (χ1) is 9.38. The zero-order chi connectivity index (χ0) is 14.8. The molecule has 2 fully saturated rings. The van der Waals surface area contributed by atoms with Crippen molar-refractivity contribution in [3.8, 4) is 0 Å². The van der Waals surface area contributed by atoms with Crippen molar-refractivity contribution in [2.75, 3.05) is 26.7 Å². The Morgan fingerprint density at radius 1 is 1.30 bits per heavy atom. The van der Waals surface area contributed by atoms with Crippen molar-refractivity contribution < 1.29 is 4.74 Å². The Morgan fingerprint density at radius 2 is 1.95 bits per heavy atom. The van der Waals surface area contributed by atoms with Crippen LogP contribution >= 0.6 is 0 Å². The van der Waals surface area contributed by atoms with Crippen molar-refractivity contribution >= 4 is 0 Å². The largest absolute Gasteiger partial charge is 0.379 e. The van der Waals surface area contributed by atoms with Gasteiger partial charge in [0.15, 0.2) is 0 Å². The van der Waals surface area contributed by atoms with E-state index in [0.717, 1.165) is 6.42 Å². The normalized spacial score (nSPS) is 27.6. The molecular weight excluding hydrogens is 248 g/mol. The third-order valence-corrected chi connectivity index (χ3v) is 5.66. The zero-order valence-electron chi connectivity index (χ0n) is 14.2. The lowest BCUT2D eigenvalue weighted by atomic mass is 9.87. The molecule has 0 amide bonds. The summed E-state index contributed by atoms with van der Waals surface area (Å²) in [5, 5.41) is 3.82. The Labute approximate surface area is 125 Å². The highest BCUT2D eigenvalue weighted by molar-refractivity contribution is 5.02. The van der Waals surface area contributed by atoms with Gasteiger partial charge in [-0.2, -0.15) is 0 Å². The third kappa shape index (κ3) is 3.55. The van der Waals surface area contributed by atoms with Crippen LogP contribution in [0.4, 0.5) is 0 Å². The van der Waals surface area contributed by atoms with Crippen LogP contribution in [0.15, 0.2) is 0 Å². The number of nitrogens with one attached hydrogen (secondary N) is 1. The maximum Gasteiger partial charge on any atom is 0.0634 e. The summed E-state index contributed by atoms with van der Waals surface area (Å²) in [7, 11) is 1.83. The van der Waals surface area contributed by atoms with Crippen LogP contribution in [-0.2, 0) is 4.74 Å². The molecule has 1 saturated carbocycles. The maximum atomic E-state index is 5.61. The number of methoxy groups -OCH3 is 1. The molecule has 1 heterocycles. The van der Waals surface area contributed by atoms with Crippen LogP contribution in [0.25, 0.3) is 0 Å². The fourth-order valence-electron chi connectivity index (χ4n) is 3.74. The predicted octanol–water partition coefficient (Wildman–Crippen LogP) is 3.04. The minimum absolute atomic E-state index is 0.00199. The van der Waals surface area contributed by atoms with Crippen LogP contribution in [0.5, 0.6) is 0 Å². The van der Waals surface area contributed by atoms with Gasteiger partial charge in [-0.15, -0.1) is 0 Å². The first-order valence-corrected chi connectivity index (χ1v) is 8.42. The van der Waals surface area contributed by atoms with Gasteiger partial charge in [0.2, 0.25) is 0 Å². The molecule has 0 aromatic heterocycles. The van der Waals surface area contributed by atoms with Gasteiger partial charge in [-0.1, -0.05) is 26.7 Å². The van der Waals surface area contributed by atoms with Gasteiger partial charge in [-0.25, -0.2) is 0 Å². The second kappa shape index (κ2) is 6.33. The Balaban J connectivity index is 2.02. The van der Waals surface area contributed by atoms with Crippen LogP contribution in [0, 0.1) is 5.92 Å². The Bertz CT molecular complexity index is 308. The molecule has 0 radical (unpaired) electrons. The molecule has 0 aromatic carbocycles. The van der Waals surface area contributed by atoms with Gasteiger partial charge in [0.05, 0.1) is 5.60 Å². The van der Waals surface area contributed by atoms with Gasteiger partial charge in [-0.3, -0.25) is 4.90 Å². The minimum atomic E-state index is -0.00199. The molecule has 20 heavy (non-hydrogen) atoms. The summed E-state index contributed by atoms with van der Waals surface area (Å²) in [6, 6.07) is 0.645. The number of hydrogen-bond acceptors (Lipinski definition) is 3. The molecule has 1 aliphatic carbocycles. The molecule has 1 atom stereocenters. The first-order valence-electron chi connectivity index (χ1n) is 8.42. The van der Waals surface area contributed by atoms with E-state index in [4.69, 9.17) is 4.74 Å². The predicted molar refractivity (Wildman–Crippen MR) is 85.1 cm³/mol. The van der Waals surface area contributed by atoms with E-state index in [9.17, 15) is 0 Å². The van der Waals surface area contributed by atoms with E-state index in [1.165, 1.54) is 45.3 Å². The smallest absolute Gasteiger partial charge is 0.0634 e. The molecular formula is C17H34N2O. The van der Waals surface area contributed by atoms with Gasteiger partial charge < -0.3 is 10.1 Å². The molecule has 118 valence electrons. The molecule has 2 rings (SSSR count). The van der Waals surface area contributed by atoms with E-state index < -0.39 is 0 Å². The first kappa shape index (κ1) is 16.3. The summed E-state index contributed by atoms with van der Waals surface area (Å²) in [5.74, 6) is 0.715. The van der Waals surface area contributed by atoms with E-state index in [2.05, 4.69) is 37.9 Å². The van der Waals surface area contributed by atoms with E-state index in [1.807, 2.05) is 7.11 Å². The minimum Gasteiger partial charge on any atom is -0.379 e. The van der Waals surface area contributed by atoms with Crippen LogP contribution in [0.1, 0.15) is 59.8 Å². The van der Waals surface area contributed by atoms with E-state index in [-0.39, 0.29) is 5.60 Å². The van der Waals surface area contributed by atoms with Crippen LogP contribution in [0.3, 0.4) is 0 Å². The SMILES string of the molecule is COC(C)(C)CCN1CC(C(C)C)NCC12CCCC2. The summed E-state index contributed by atoms with van der Waals surface area (Å²) >= 11 is 0. The summed E-state index contributed by atoms with van der Waals surface area (Å²) < 4.78 is 5.61. The summed E-state index contributed by atoms with van der Waals surface area (Å²) in [4.78, 5) is 2.79. The van der Waals surface area contributed by atoms with E-state index in [0.29, 0.717) is 17.5 Å². The number of ether oxygens (including phenoxy) is 1. The Kier molecular flexibility index (Phi) is 5.14. The third-order valence-electron chi connectivity index (χ3n) is 5.66. The topological polar surface area (TPSA) is 24.5 Å². The average molecular weight is 282 g/mol. The highest BCUT2D eigenvalue weighted by Crippen LogP contribution is 2.38. The molecule has 1 unspecified atom stereocenters. The monoisotopic (exact) mass is 282 g/mol. The molecule has 1 saturated heterocycles. The van der Waals surface area contributed by atoms with Gasteiger partial charge in [0.25, 0.3) is 0 Å². The van der Waals surface area contributed by atoms with E-state index >= 15 is 0 Å². The Hall–Kier alpha value is -0.120. The quantitative estimate of drug-likeness (QED) is 0.839. The average Bonchev–Trinajstić information content (AvgIpc) is 2.87. The highest BCUT2D eigenvalue weighted by Gasteiger charge is 2.43. The van der Waals surface area contributed by atoms with Gasteiger partial charge >= 0.3 is 0 Å². The lowest BCUT2D eigenvalue weighted by molar-refractivity contribution is -0.0201.